The van der Waals surface area contributed by atoms with Crippen LogP contribution in [-0.2, 0) is 0 Å². The lowest BCUT2D eigenvalue weighted by molar-refractivity contribution is 0.416. The highest BCUT2D eigenvalue weighted by atomic mass is 16.5. The van der Waals surface area contributed by atoms with E-state index >= 15 is 0 Å². The van der Waals surface area contributed by atoms with Crippen LogP contribution in [0.25, 0.3) is 22.0 Å². The van der Waals surface area contributed by atoms with Crippen LogP contribution in [0.4, 0.5) is 17.3 Å². The van der Waals surface area contributed by atoms with E-state index in [2.05, 4.69) is 20.5 Å². The predicted molar refractivity (Wildman–Crippen MR) is 105 cm³/mol. The van der Waals surface area contributed by atoms with Crippen LogP contribution in [0.15, 0.2) is 54.7 Å². The number of hydrogen-bond donors (Lipinski definition) is 3. The zero-order chi connectivity index (χ0) is 18.1. The lowest BCUT2D eigenvalue weighted by Gasteiger charge is -2.13. The number of methoxy groups -OCH3 is 1. The molecule has 4 rings (SSSR count). The number of H-pyrrole nitrogens is 1. The molecule has 2 aromatic heterocycles. The molecule has 0 saturated heterocycles. The first-order chi connectivity index (χ1) is 12.7. The van der Waals surface area contributed by atoms with Gasteiger partial charge >= 0.3 is 0 Å². The van der Waals surface area contributed by atoms with Crippen molar-refractivity contribution >= 4 is 28.2 Å². The Morgan fingerprint density at radius 3 is 2.62 bits per heavy atom. The van der Waals surface area contributed by atoms with Crippen molar-refractivity contribution in [2.75, 3.05) is 18.2 Å². The number of pyridine rings is 1. The number of nitrogens with one attached hydrogen (secondary N) is 2. The summed E-state index contributed by atoms with van der Waals surface area (Å²) in [5.41, 5.74) is 10.8. The number of hydrogen-bond acceptors (Lipinski definition) is 5. The molecule has 0 bridgehead atoms. The largest absolute Gasteiger partial charge is 0.496 e. The van der Waals surface area contributed by atoms with Crippen molar-refractivity contribution in [2.45, 2.75) is 6.92 Å². The zero-order valence-corrected chi connectivity index (χ0v) is 14.6. The van der Waals surface area contributed by atoms with Crippen molar-refractivity contribution in [2.24, 2.45) is 0 Å². The summed E-state index contributed by atoms with van der Waals surface area (Å²) < 4.78 is 5.49. The van der Waals surface area contributed by atoms with Crippen LogP contribution in [0.2, 0.25) is 0 Å². The van der Waals surface area contributed by atoms with E-state index in [4.69, 9.17) is 10.5 Å². The highest BCUT2D eigenvalue weighted by molar-refractivity contribution is 6.06. The molecular formula is C20H19N5O. The molecule has 0 fully saturated rings. The molecule has 0 aliphatic carbocycles. The summed E-state index contributed by atoms with van der Waals surface area (Å²) in [5.74, 6) is 1.86. The van der Waals surface area contributed by atoms with Crippen molar-refractivity contribution in [3.05, 3.63) is 60.3 Å². The fourth-order valence-corrected chi connectivity index (χ4v) is 3.07. The monoisotopic (exact) mass is 345 g/mol. The Morgan fingerprint density at radius 1 is 1.04 bits per heavy atom. The minimum Gasteiger partial charge on any atom is -0.496 e. The van der Waals surface area contributed by atoms with Crippen LogP contribution < -0.4 is 15.8 Å². The van der Waals surface area contributed by atoms with E-state index in [-0.39, 0.29) is 0 Å². The van der Waals surface area contributed by atoms with Gasteiger partial charge in [0.05, 0.1) is 12.5 Å². The minimum absolute atomic E-state index is 0.427. The number of rotatable bonds is 4. The first-order valence-corrected chi connectivity index (χ1v) is 8.27. The fourth-order valence-electron chi connectivity index (χ4n) is 3.07. The Bertz CT molecular complexity index is 1090. The lowest BCUT2D eigenvalue weighted by Crippen LogP contribution is -1.98. The second-order valence-electron chi connectivity index (χ2n) is 6.02. The number of aryl methyl sites for hydroxylation is 1. The molecule has 0 unspecified atom stereocenters. The third-order valence-corrected chi connectivity index (χ3v) is 4.42. The van der Waals surface area contributed by atoms with Crippen molar-refractivity contribution in [3.8, 4) is 16.9 Å². The number of benzene rings is 2. The summed E-state index contributed by atoms with van der Waals surface area (Å²) in [7, 11) is 1.65. The number of anilines is 3. The summed E-state index contributed by atoms with van der Waals surface area (Å²) in [4.78, 5) is 4.61. The van der Waals surface area contributed by atoms with Crippen LogP contribution in [0.1, 0.15) is 5.56 Å². The molecular weight excluding hydrogens is 326 g/mol. The Kier molecular flexibility index (Phi) is 3.93. The minimum atomic E-state index is 0.427. The molecule has 26 heavy (non-hydrogen) atoms. The van der Waals surface area contributed by atoms with Crippen molar-refractivity contribution in [1.29, 1.82) is 0 Å². The molecule has 4 aromatic rings. The van der Waals surface area contributed by atoms with Gasteiger partial charge in [0.25, 0.3) is 0 Å². The smallest absolute Gasteiger partial charge is 0.156 e. The SMILES string of the molecule is COc1ccccc1-c1cnc(Nc2ccccc2C)c2[nH]nc(N)c12. The standard InChI is InChI=1S/C20H19N5O/c1-12-7-3-5-9-15(12)23-20-18-17(19(21)25-24-18)14(11-22-20)13-8-4-6-10-16(13)26-2/h3-11H,1-2H3,(H,22,23)(H3,21,24,25). The van der Waals surface area contributed by atoms with Gasteiger partial charge in [-0.05, 0) is 24.6 Å². The highest BCUT2D eigenvalue weighted by Crippen LogP contribution is 2.38. The van der Waals surface area contributed by atoms with Gasteiger partial charge in [0.2, 0.25) is 0 Å². The number of nitrogen functional groups attached to an aromatic ring is 1. The lowest BCUT2D eigenvalue weighted by atomic mass is 10.0. The van der Waals surface area contributed by atoms with Crippen LogP contribution in [0, 0.1) is 6.92 Å². The van der Waals surface area contributed by atoms with Gasteiger partial charge in [-0.1, -0.05) is 36.4 Å². The summed E-state index contributed by atoms with van der Waals surface area (Å²) in [6, 6.07) is 15.8. The molecule has 6 heteroatoms. The van der Waals surface area contributed by atoms with Crippen molar-refractivity contribution in [3.63, 3.8) is 0 Å². The average Bonchev–Trinajstić information content (AvgIpc) is 3.06. The number of ether oxygens (including phenoxy) is 1. The van der Waals surface area contributed by atoms with E-state index in [1.807, 2.05) is 55.5 Å². The van der Waals surface area contributed by atoms with Gasteiger partial charge in [0.15, 0.2) is 11.6 Å². The molecule has 2 aromatic carbocycles. The van der Waals surface area contributed by atoms with Gasteiger partial charge in [-0.15, -0.1) is 0 Å². The van der Waals surface area contributed by atoms with Crippen molar-refractivity contribution < 1.29 is 4.74 Å². The maximum absolute atomic E-state index is 6.16. The Labute approximate surface area is 151 Å². The molecule has 0 saturated carbocycles. The quantitative estimate of drug-likeness (QED) is 0.514. The predicted octanol–water partition coefficient (Wildman–Crippen LogP) is 4.27. The molecule has 4 N–H and O–H groups in total. The van der Waals surface area contributed by atoms with Gasteiger partial charge in [-0.3, -0.25) is 5.10 Å². The van der Waals surface area contributed by atoms with Gasteiger partial charge in [0, 0.05) is 23.0 Å². The van der Waals surface area contributed by atoms with Gasteiger partial charge in [-0.2, -0.15) is 5.10 Å². The van der Waals surface area contributed by atoms with Crippen molar-refractivity contribution in [1.82, 2.24) is 15.2 Å². The average molecular weight is 345 g/mol. The molecule has 0 amide bonds. The van der Waals surface area contributed by atoms with Crippen LogP contribution in [-0.4, -0.2) is 22.3 Å². The first kappa shape index (κ1) is 16.0. The number of aromatic amines is 1. The summed E-state index contributed by atoms with van der Waals surface area (Å²) in [5, 5.41) is 11.4. The second-order valence-corrected chi connectivity index (χ2v) is 6.02. The van der Waals surface area contributed by atoms with E-state index in [9.17, 15) is 0 Å². The molecule has 2 heterocycles. The summed E-state index contributed by atoms with van der Waals surface area (Å²) in [6.45, 7) is 2.05. The fraction of sp³-hybridized carbons (Fsp3) is 0.100. The van der Waals surface area contributed by atoms with Crippen LogP contribution in [0.3, 0.4) is 0 Å². The van der Waals surface area contributed by atoms with E-state index < -0.39 is 0 Å². The van der Waals surface area contributed by atoms with E-state index in [1.54, 1.807) is 13.3 Å². The maximum Gasteiger partial charge on any atom is 0.156 e. The van der Waals surface area contributed by atoms with E-state index in [0.29, 0.717) is 11.6 Å². The highest BCUT2D eigenvalue weighted by Gasteiger charge is 2.17. The number of aromatic nitrogens is 3. The van der Waals surface area contributed by atoms with Crippen LogP contribution in [0.5, 0.6) is 5.75 Å². The topological polar surface area (TPSA) is 88.8 Å². The van der Waals surface area contributed by atoms with Gasteiger partial charge in [-0.25, -0.2) is 4.98 Å². The molecule has 0 spiro atoms. The molecule has 0 aliphatic heterocycles. The maximum atomic E-state index is 6.16. The number of nitrogens with two attached hydrogens (primary N) is 1. The Balaban J connectivity index is 1.89. The molecule has 0 atom stereocenters. The normalized spacial score (nSPS) is 10.8. The molecule has 130 valence electrons. The number of para-hydroxylation sites is 2. The third-order valence-electron chi connectivity index (χ3n) is 4.42. The molecule has 0 aliphatic rings. The molecule has 6 nitrogen and oxygen atoms in total. The number of nitrogens with zero attached hydrogens (tertiary/aromatic N) is 2. The van der Waals surface area contributed by atoms with Crippen LogP contribution >= 0.6 is 0 Å². The van der Waals surface area contributed by atoms with Gasteiger partial charge in [0.1, 0.15) is 11.3 Å². The van der Waals surface area contributed by atoms with Gasteiger partial charge < -0.3 is 15.8 Å². The summed E-state index contributed by atoms with van der Waals surface area (Å²) in [6.07, 6.45) is 1.80. The Hall–Kier alpha value is -3.54. The zero-order valence-electron chi connectivity index (χ0n) is 14.6. The Morgan fingerprint density at radius 2 is 1.81 bits per heavy atom. The third kappa shape index (κ3) is 2.61. The summed E-state index contributed by atoms with van der Waals surface area (Å²) >= 11 is 0. The van der Waals surface area contributed by atoms with E-state index in [0.717, 1.165) is 39.0 Å². The number of fused-ring (bicyclic) bond motifs is 1. The first-order valence-electron chi connectivity index (χ1n) is 8.27. The second kappa shape index (κ2) is 6.40. The van der Waals surface area contributed by atoms with E-state index in [1.165, 1.54) is 0 Å². The molecule has 0 radical (unpaired) electrons.